The van der Waals surface area contributed by atoms with Crippen LogP contribution in [0, 0.1) is 0 Å². The second-order valence-electron chi connectivity index (χ2n) is 7.15. The summed E-state index contributed by atoms with van der Waals surface area (Å²) < 4.78 is 7.08. The van der Waals surface area contributed by atoms with Crippen molar-refractivity contribution in [3.63, 3.8) is 0 Å². The van der Waals surface area contributed by atoms with Crippen molar-refractivity contribution in [2.75, 3.05) is 19.4 Å². The van der Waals surface area contributed by atoms with E-state index in [9.17, 15) is 4.79 Å². The van der Waals surface area contributed by atoms with Gasteiger partial charge < -0.3 is 4.74 Å². The highest BCUT2D eigenvalue weighted by molar-refractivity contribution is 8.16. The van der Waals surface area contributed by atoms with E-state index in [2.05, 4.69) is 6.92 Å². The van der Waals surface area contributed by atoms with E-state index < -0.39 is 0 Å². The lowest BCUT2D eigenvalue weighted by Crippen LogP contribution is -2.24. The molecular weight excluding hydrogens is 414 g/mol. The number of nitrogens with zero attached hydrogens (tertiary/aromatic N) is 3. The standard InChI is InChI=1S/C23H25N3O2S2/c1-3-4-13-26-22(27)19-7-5-6-8-20(19)25-23(26)29-15-18-14-24-21(30-18)16-9-11-17(28-2)12-10-16/h5-12,18H,3-4,13-15H2,1-2H3. The molecular formula is C23H25N3O2S2. The van der Waals surface area contributed by atoms with Gasteiger partial charge in [-0.05, 0) is 42.8 Å². The maximum atomic E-state index is 13.0. The SMILES string of the molecule is CCCCn1c(SCC2CN=C(c3ccc(OC)cc3)S2)nc2ccccc2c1=O. The van der Waals surface area contributed by atoms with Crippen molar-refractivity contribution < 1.29 is 4.74 Å². The lowest BCUT2D eigenvalue weighted by molar-refractivity contribution is 0.415. The van der Waals surface area contributed by atoms with Gasteiger partial charge in [-0.15, -0.1) is 11.8 Å². The first-order valence-electron chi connectivity index (χ1n) is 10.2. The minimum absolute atomic E-state index is 0.0609. The summed E-state index contributed by atoms with van der Waals surface area (Å²) in [5, 5.41) is 2.94. The van der Waals surface area contributed by atoms with Crippen LogP contribution in [0.4, 0.5) is 0 Å². The van der Waals surface area contributed by atoms with Gasteiger partial charge in [0.05, 0.1) is 29.6 Å². The molecule has 0 N–H and O–H groups in total. The number of aromatic nitrogens is 2. The van der Waals surface area contributed by atoms with Crippen molar-refractivity contribution in [1.29, 1.82) is 0 Å². The molecule has 0 fully saturated rings. The van der Waals surface area contributed by atoms with Crippen molar-refractivity contribution >= 4 is 39.5 Å². The van der Waals surface area contributed by atoms with Crippen LogP contribution in [0.3, 0.4) is 0 Å². The van der Waals surface area contributed by atoms with Crippen LogP contribution in [0.25, 0.3) is 10.9 Å². The molecule has 1 aromatic heterocycles. The molecule has 1 aliphatic heterocycles. The molecule has 0 bridgehead atoms. The maximum Gasteiger partial charge on any atom is 0.262 e. The average Bonchev–Trinajstić information content (AvgIpc) is 3.26. The van der Waals surface area contributed by atoms with Gasteiger partial charge in [-0.1, -0.05) is 37.2 Å². The highest BCUT2D eigenvalue weighted by atomic mass is 32.2. The number of fused-ring (bicyclic) bond motifs is 1. The van der Waals surface area contributed by atoms with Gasteiger partial charge in [0.15, 0.2) is 5.16 Å². The Morgan fingerprint density at radius 1 is 1.20 bits per heavy atom. The molecule has 1 unspecified atom stereocenters. The van der Waals surface area contributed by atoms with Crippen LogP contribution in [0.1, 0.15) is 25.3 Å². The third-order valence-corrected chi connectivity index (χ3v) is 7.60. The monoisotopic (exact) mass is 439 g/mol. The Hall–Kier alpha value is -2.25. The first-order valence-corrected chi connectivity index (χ1v) is 12.0. The van der Waals surface area contributed by atoms with Crippen molar-refractivity contribution in [3.8, 4) is 5.75 Å². The topological polar surface area (TPSA) is 56.5 Å². The predicted octanol–water partition coefficient (Wildman–Crippen LogP) is 4.86. The number of methoxy groups -OCH3 is 1. The molecule has 7 heteroatoms. The highest BCUT2D eigenvalue weighted by Crippen LogP contribution is 2.31. The fourth-order valence-electron chi connectivity index (χ4n) is 3.34. The van der Waals surface area contributed by atoms with Gasteiger partial charge in [-0.2, -0.15) is 0 Å². The third-order valence-electron chi connectivity index (χ3n) is 5.01. The summed E-state index contributed by atoms with van der Waals surface area (Å²) >= 11 is 3.47. The fraction of sp³-hybridized carbons (Fsp3) is 0.348. The van der Waals surface area contributed by atoms with E-state index in [1.807, 2.05) is 53.1 Å². The predicted molar refractivity (Wildman–Crippen MR) is 127 cm³/mol. The van der Waals surface area contributed by atoms with Crippen LogP contribution in [-0.4, -0.2) is 39.3 Å². The molecule has 156 valence electrons. The van der Waals surface area contributed by atoms with Gasteiger partial charge in [-0.3, -0.25) is 14.4 Å². The van der Waals surface area contributed by atoms with E-state index in [1.54, 1.807) is 30.6 Å². The average molecular weight is 440 g/mol. The number of ether oxygens (including phenoxy) is 1. The number of para-hydroxylation sites is 1. The van der Waals surface area contributed by atoms with Gasteiger partial charge in [0.25, 0.3) is 5.56 Å². The second-order valence-corrected chi connectivity index (χ2v) is 9.42. The Morgan fingerprint density at radius 3 is 2.77 bits per heavy atom. The molecule has 2 heterocycles. The van der Waals surface area contributed by atoms with E-state index in [0.717, 1.165) is 52.2 Å². The summed E-state index contributed by atoms with van der Waals surface area (Å²) in [6, 6.07) is 15.6. The van der Waals surface area contributed by atoms with Crippen LogP contribution in [0.5, 0.6) is 5.75 Å². The van der Waals surface area contributed by atoms with E-state index >= 15 is 0 Å². The second kappa shape index (κ2) is 9.71. The van der Waals surface area contributed by atoms with Gasteiger partial charge >= 0.3 is 0 Å². The van der Waals surface area contributed by atoms with Crippen LogP contribution in [-0.2, 0) is 6.54 Å². The first kappa shape index (κ1) is 21.0. The molecule has 0 amide bonds. The van der Waals surface area contributed by atoms with Crippen molar-refractivity contribution in [2.45, 2.75) is 36.7 Å². The number of benzene rings is 2. The molecule has 30 heavy (non-hydrogen) atoms. The van der Waals surface area contributed by atoms with Crippen molar-refractivity contribution in [1.82, 2.24) is 9.55 Å². The molecule has 0 saturated heterocycles. The van der Waals surface area contributed by atoms with Crippen LogP contribution >= 0.6 is 23.5 Å². The summed E-state index contributed by atoms with van der Waals surface area (Å²) in [5.74, 6) is 1.71. The van der Waals surface area contributed by atoms with Gasteiger partial charge in [0, 0.05) is 23.1 Å². The van der Waals surface area contributed by atoms with Crippen LogP contribution in [0.15, 0.2) is 63.5 Å². The zero-order valence-electron chi connectivity index (χ0n) is 17.2. The van der Waals surface area contributed by atoms with Gasteiger partial charge in [-0.25, -0.2) is 4.98 Å². The first-order chi connectivity index (χ1) is 14.7. The van der Waals surface area contributed by atoms with Crippen molar-refractivity contribution in [3.05, 3.63) is 64.4 Å². The van der Waals surface area contributed by atoms with E-state index in [4.69, 9.17) is 14.7 Å². The van der Waals surface area contributed by atoms with Crippen LogP contribution in [0.2, 0.25) is 0 Å². The summed E-state index contributed by atoms with van der Waals surface area (Å²) in [6.45, 7) is 3.63. The summed E-state index contributed by atoms with van der Waals surface area (Å²) in [7, 11) is 1.67. The highest BCUT2D eigenvalue weighted by Gasteiger charge is 2.22. The zero-order valence-corrected chi connectivity index (χ0v) is 18.8. The molecule has 0 spiro atoms. The number of aliphatic imine (C=N–C) groups is 1. The van der Waals surface area contributed by atoms with E-state index in [0.29, 0.717) is 17.2 Å². The largest absolute Gasteiger partial charge is 0.497 e. The molecule has 1 aliphatic rings. The number of thioether (sulfide) groups is 2. The zero-order chi connectivity index (χ0) is 20.9. The maximum absolute atomic E-state index is 13.0. The molecule has 3 aromatic rings. The molecule has 0 saturated carbocycles. The normalized spacial score (nSPS) is 16.1. The summed E-state index contributed by atoms with van der Waals surface area (Å²) in [4.78, 5) is 22.6. The smallest absolute Gasteiger partial charge is 0.262 e. The van der Waals surface area contributed by atoms with E-state index in [-0.39, 0.29) is 5.56 Å². The Balaban J connectivity index is 1.47. The Kier molecular flexibility index (Phi) is 6.79. The quantitative estimate of drug-likeness (QED) is 0.371. The number of rotatable bonds is 8. The van der Waals surface area contributed by atoms with Crippen LogP contribution < -0.4 is 10.3 Å². The minimum atomic E-state index is 0.0609. The number of hydrogen-bond donors (Lipinski definition) is 0. The van der Waals surface area contributed by atoms with Crippen molar-refractivity contribution in [2.24, 2.45) is 4.99 Å². The minimum Gasteiger partial charge on any atom is -0.497 e. The molecule has 0 aliphatic carbocycles. The molecule has 1 atom stereocenters. The molecule has 0 radical (unpaired) electrons. The summed E-state index contributed by atoms with van der Waals surface area (Å²) in [5.41, 5.74) is 1.95. The Labute approximate surface area is 185 Å². The van der Waals surface area contributed by atoms with Gasteiger partial charge in [0.2, 0.25) is 0 Å². The lowest BCUT2D eigenvalue weighted by Gasteiger charge is -2.14. The third kappa shape index (κ3) is 4.57. The fourth-order valence-corrected chi connectivity index (χ4v) is 5.63. The number of unbranched alkanes of at least 4 members (excludes halogenated alkanes) is 1. The van der Waals surface area contributed by atoms with Gasteiger partial charge in [0.1, 0.15) is 5.75 Å². The Morgan fingerprint density at radius 2 is 2.00 bits per heavy atom. The summed E-state index contributed by atoms with van der Waals surface area (Å²) in [6.07, 6.45) is 2.01. The molecule has 5 nitrogen and oxygen atoms in total. The number of hydrogen-bond acceptors (Lipinski definition) is 6. The molecule has 4 rings (SSSR count). The molecule has 2 aromatic carbocycles. The lowest BCUT2D eigenvalue weighted by atomic mass is 10.2. The van der Waals surface area contributed by atoms with E-state index in [1.165, 1.54) is 0 Å². The Bertz CT molecular complexity index is 1110.